The second-order valence-corrected chi connectivity index (χ2v) is 17.6. The predicted molar refractivity (Wildman–Crippen MR) is 210 cm³/mol. The molecule has 0 radical (unpaired) electrons. The van der Waals surface area contributed by atoms with E-state index in [0.29, 0.717) is 0 Å². The van der Waals surface area contributed by atoms with Gasteiger partial charge in [-0.15, -0.1) is 0 Å². The van der Waals surface area contributed by atoms with Crippen LogP contribution < -0.4 is 27.8 Å². The molecule has 3 rings (SSSR count). The van der Waals surface area contributed by atoms with Gasteiger partial charge in [0.15, 0.2) is 0 Å². The SMILES string of the molecule is CCCCN(CCCC)c1ccc([As](c2ccc(N(CCCC)CCCC)cc2)c2ccc(N(CCCC)CCCC)cc2)cc1. The summed E-state index contributed by atoms with van der Waals surface area (Å²) in [7, 11) is 0. The summed E-state index contributed by atoms with van der Waals surface area (Å²) in [6, 6.07) is 29.3. The summed E-state index contributed by atoms with van der Waals surface area (Å²) in [6.07, 6.45) is 15.0. The number of rotatable bonds is 24. The average Bonchev–Trinajstić information content (AvgIpc) is 3.10. The van der Waals surface area contributed by atoms with Gasteiger partial charge in [-0.2, -0.15) is 0 Å². The van der Waals surface area contributed by atoms with E-state index in [2.05, 4.69) is 129 Å². The van der Waals surface area contributed by atoms with E-state index in [1.54, 1.807) is 0 Å². The van der Waals surface area contributed by atoms with Crippen LogP contribution in [0.4, 0.5) is 17.1 Å². The fourth-order valence-electron chi connectivity index (χ4n) is 6.09. The van der Waals surface area contributed by atoms with Crippen molar-refractivity contribution in [3.8, 4) is 0 Å². The number of hydrogen-bond acceptors (Lipinski definition) is 3. The summed E-state index contributed by atoms with van der Waals surface area (Å²) in [5, 5.41) is 0. The minimum absolute atomic E-state index is 1.15. The summed E-state index contributed by atoms with van der Waals surface area (Å²) in [5.74, 6) is 0. The van der Waals surface area contributed by atoms with E-state index in [9.17, 15) is 0 Å². The molecule has 0 unspecified atom stereocenters. The second kappa shape index (κ2) is 22.2. The first kappa shape index (κ1) is 38.1. The van der Waals surface area contributed by atoms with Gasteiger partial charge in [0.05, 0.1) is 0 Å². The summed E-state index contributed by atoms with van der Waals surface area (Å²) in [5.41, 5.74) is 4.15. The van der Waals surface area contributed by atoms with E-state index < -0.39 is 14.7 Å². The summed E-state index contributed by atoms with van der Waals surface area (Å²) in [4.78, 5) is 7.83. The number of benzene rings is 3. The molecule has 0 saturated carbocycles. The van der Waals surface area contributed by atoms with Crippen molar-refractivity contribution >= 4 is 44.8 Å². The molecule has 0 amide bonds. The standard InChI is InChI=1S/C42H66AsN3/c1-7-13-31-44(32-14-8-2)40-25-19-37(20-26-40)43(38-21-27-41(28-22-38)45(33-15-9-3)34-16-10-4)39-23-29-42(30-24-39)46(35-17-11-5)36-18-12-6/h19-30H,7-18,31-36H2,1-6H3. The molecule has 0 N–H and O–H groups in total. The molecule has 254 valence electrons. The fraction of sp³-hybridized carbons (Fsp3) is 0.571. The molecule has 0 bridgehead atoms. The summed E-state index contributed by atoms with van der Waals surface area (Å²) in [6.45, 7) is 20.7. The molecule has 3 aromatic carbocycles. The van der Waals surface area contributed by atoms with E-state index in [1.807, 2.05) is 0 Å². The normalized spacial score (nSPS) is 11.3. The van der Waals surface area contributed by atoms with Crippen molar-refractivity contribution in [2.45, 2.75) is 119 Å². The minimum atomic E-state index is -1.75. The number of hydrogen-bond donors (Lipinski definition) is 0. The van der Waals surface area contributed by atoms with Crippen molar-refractivity contribution in [3.63, 3.8) is 0 Å². The molecular formula is C42H66AsN3. The molecule has 4 heteroatoms. The van der Waals surface area contributed by atoms with Crippen LogP contribution in [0.5, 0.6) is 0 Å². The van der Waals surface area contributed by atoms with Crippen LogP contribution in [0, 0.1) is 0 Å². The van der Waals surface area contributed by atoms with Gasteiger partial charge in [0, 0.05) is 0 Å². The van der Waals surface area contributed by atoms with E-state index in [-0.39, 0.29) is 0 Å². The van der Waals surface area contributed by atoms with Gasteiger partial charge in [-0.3, -0.25) is 0 Å². The Labute approximate surface area is 289 Å². The molecule has 0 aliphatic rings. The quantitative estimate of drug-likeness (QED) is 0.0870. The molecular weight excluding hydrogens is 621 g/mol. The molecule has 0 spiro atoms. The monoisotopic (exact) mass is 687 g/mol. The van der Waals surface area contributed by atoms with Crippen LogP contribution in [0.15, 0.2) is 72.8 Å². The molecule has 0 aromatic heterocycles. The van der Waals surface area contributed by atoms with Crippen LogP contribution in [0.1, 0.15) is 119 Å². The first-order chi connectivity index (χ1) is 22.6. The third-order valence-corrected chi connectivity index (χ3v) is 14.2. The summed E-state index contributed by atoms with van der Waals surface area (Å²) >= 11 is -1.75. The van der Waals surface area contributed by atoms with Gasteiger partial charge in [0.1, 0.15) is 0 Å². The number of nitrogens with zero attached hydrogens (tertiary/aromatic N) is 3. The zero-order chi connectivity index (χ0) is 33.0. The molecule has 0 heterocycles. The molecule has 0 aliphatic heterocycles. The Balaban J connectivity index is 1.98. The molecule has 3 aromatic rings. The van der Waals surface area contributed by atoms with Crippen molar-refractivity contribution in [1.29, 1.82) is 0 Å². The van der Waals surface area contributed by atoms with E-state index >= 15 is 0 Å². The van der Waals surface area contributed by atoms with Crippen LogP contribution in [0.2, 0.25) is 0 Å². The van der Waals surface area contributed by atoms with Crippen LogP contribution in [-0.2, 0) is 0 Å². The van der Waals surface area contributed by atoms with Crippen molar-refractivity contribution in [2.24, 2.45) is 0 Å². The number of unbranched alkanes of at least 4 members (excludes halogenated alkanes) is 6. The van der Waals surface area contributed by atoms with Gasteiger partial charge in [0.2, 0.25) is 0 Å². The van der Waals surface area contributed by atoms with Crippen LogP contribution >= 0.6 is 0 Å². The molecule has 0 saturated heterocycles. The van der Waals surface area contributed by atoms with Gasteiger partial charge < -0.3 is 0 Å². The summed E-state index contributed by atoms with van der Waals surface area (Å²) < 4.78 is 4.56. The molecule has 0 fully saturated rings. The Hall–Kier alpha value is -2.38. The first-order valence-corrected chi connectivity index (χ1v) is 21.8. The zero-order valence-electron chi connectivity index (χ0n) is 30.4. The first-order valence-electron chi connectivity index (χ1n) is 18.9. The van der Waals surface area contributed by atoms with Crippen molar-refractivity contribution in [2.75, 3.05) is 54.0 Å². The van der Waals surface area contributed by atoms with Crippen LogP contribution in [-0.4, -0.2) is 53.9 Å². The third-order valence-electron chi connectivity index (χ3n) is 9.11. The zero-order valence-corrected chi connectivity index (χ0v) is 32.3. The third kappa shape index (κ3) is 12.0. The molecule has 0 atom stereocenters. The Morgan fingerprint density at radius 2 is 0.522 bits per heavy atom. The average molecular weight is 688 g/mol. The van der Waals surface area contributed by atoms with Gasteiger partial charge >= 0.3 is 290 Å². The maximum absolute atomic E-state index is 2.61. The fourth-order valence-corrected chi connectivity index (χ4v) is 10.8. The Bertz CT molecular complexity index is 1000. The van der Waals surface area contributed by atoms with Gasteiger partial charge in [-0.1, -0.05) is 0 Å². The number of anilines is 3. The van der Waals surface area contributed by atoms with Crippen LogP contribution in [0.25, 0.3) is 0 Å². The van der Waals surface area contributed by atoms with E-state index in [1.165, 1.54) is 107 Å². The molecule has 3 nitrogen and oxygen atoms in total. The van der Waals surface area contributed by atoms with Crippen molar-refractivity contribution < 1.29 is 0 Å². The second-order valence-electron chi connectivity index (χ2n) is 13.0. The van der Waals surface area contributed by atoms with Crippen molar-refractivity contribution in [1.82, 2.24) is 0 Å². The topological polar surface area (TPSA) is 9.72 Å². The van der Waals surface area contributed by atoms with Gasteiger partial charge in [0.25, 0.3) is 0 Å². The molecule has 0 aliphatic carbocycles. The Morgan fingerprint density at radius 3 is 0.696 bits per heavy atom. The van der Waals surface area contributed by atoms with E-state index in [0.717, 1.165) is 39.3 Å². The van der Waals surface area contributed by atoms with Crippen LogP contribution in [0.3, 0.4) is 0 Å². The van der Waals surface area contributed by atoms with E-state index in [4.69, 9.17) is 0 Å². The maximum atomic E-state index is 2.61. The predicted octanol–water partition coefficient (Wildman–Crippen LogP) is 9.42. The van der Waals surface area contributed by atoms with Gasteiger partial charge in [-0.05, 0) is 0 Å². The Kier molecular flexibility index (Phi) is 18.4. The van der Waals surface area contributed by atoms with Gasteiger partial charge in [-0.25, -0.2) is 0 Å². The van der Waals surface area contributed by atoms with Crippen molar-refractivity contribution in [3.05, 3.63) is 72.8 Å². The molecule has 46 heavy (non-hydrogen) atoms. The Morgan fingerprint density at radius 1 is 0.326 bits per heavy atom.